The van der Waals surface area contributed by atoms with Crippen LogP contribution < -0.4 is 4.90 Å². The van der Waals surface area contributed by atoms with E-state index in [1.165, 1.54) is 162 Å². The summed E-state index contributed by atoms with van der Waals surface area (Å²) in [5.74, 6) is 3.90. The number of anilines is 3. The zero-order valence-electron chi connectivity index (χ0n) is 34.3. The van der Waals surface area contributed by atoms with E-state index in [1.807, 2.05) is 0 Å². The molecule has 0 aliphatic heterocycles. The molecule has 6 aromatic carbocycles. The molecule has 0 heterocycles. The van der Waals surface area contributed by atoms with Crippen molar-refractivity contribution < 1.29 is 0 Å². The number of hydrogen-bond acceptors (Lipinski definition) is 1. The van der Waals surface area contributed by atoms with Crippen LogP contribution in [0.5, 0.6) is 0 Å². The van der Waals surface area contributed by atoms with Crippen LogP contribution in [0.1, 0.15) is 149 Å². The molecule has 0 amide bonds. The molecule has 57 heavy (non-hydrogen) atoms. The van der Waals surface area contributed by atoms with Gasteiger partial charge in [-0.3, -0.25) is 0 Å². The summed E-state index contributed by atoms with van der Waals surface area (Å²) >= 11 is 0. The summed E-state index contributed by atoms with van der Waals surface area (Å²) in [6.07, 6.45) is 19.2. The second-order valence-electron chi connectivity index (χ2n) is 19.3. The van der Waals surface area contributed by atoms with Gasteiger partial charge in [0.15, 0.2) is 0 Å². The minimum atomic E-state index is -0.149. The zero-order chi connectivity index (χ0) is 38.1. The number of rotatable bonds is 7. The highest BCUT2D eigenvalue weighted by Crippen LogP contribution is 2.56. The monoisotopic (exact) mass is 745 g/mol. The average Bonchev–Trinajstić information content (AvgIpc) is 3.97. The third-order valence-electron chi connectivity index (χ3n) is 15.8. The molecule has 0 saturated heterocycles. The van der Waals surface area contributed by atoms with Crippen molar-refractivity contribution >= 4 is 27.8 Å². The van der Waals surface area contributed by atoms with Gasteiger partial charge in [-0.1, -0.05) is 150 Å². The standard InChI is InChI=1S/C56H59N/c1-56(2)53-36-45(30-31-49(53)51-19-11-18-46(55(51)56)42-24-22-40(23-25-42)38-12-5-3-6-13-38)57(44-28-26-41(27-29-44)39-14-7-4-8-15-39)54-33-32-48(47-16-9-10-17-50(47)54)52-35-37-20-21-43(52)34-37/h9-11,16-19,22-33,36-39,43,52H,3-8,12-15,20-21,34-35H2,1-2H3. The van der Waals surface area contributed by atoms with Gasteiger partial charge in [0.2, 0.25) is 0 Å². The second-order valence-corrected chi connectivity index (χ2v) is 19.3. The topological polar surface area (TPSA) is 3.24 Å². The first kappa shape index (κ1) is 35.5. The second kappa shape index (κ2) is 14.3. The normalized spacial score (nSPS) is 22.8. The van der Waals surface area contributed by atoms with Gasteiger partial charge in [0, 0.05) is 22.2 Å². The van der Waals surface area contributed by atoms with Gasteiger partial charge in [-0.05, 0) is 160 Å². The van der Waals surface area contributed by atoms with Crippen LogP contribution in [0.4, 0.5) is 17.1 Å². The molecule has 0 aromatic heterocycles. The third kappa shape index (κ3) is 6.09. The van der Waals surface area contributed by atoms with Gasteiger partial charge in [0.25, 0.3) is 0 Å². The lowest BCUT2D eigenvalue weighted by Crippen LogP contribution is -2.18. The fourth-order valence-corrected chi connectivity index (χ4v) is 12.8. The molecule has 0 radical (unpaired) electrons. The molecule has 1 heteroatoms. The van der Waals surface area contributed by atoms with Gasteiger partial charge < -0.3 is 4.90 Å². The minimum Gasteiger partial charge on any atom is -0.310 e. The Kier molecular flexibility index (Phi) is 8.94. The lowest BCUT2D eigenvalue weighted by Gasteiger charge is -2.31. The van der Waals surface area contributed by atoms with Crippen LogP contribution in [0.2, 0.25) is 0 Å². The number of fused-ring (bicyclic) bond motifs is 6. The van der Waals surface area contributed by atoms with E-state index in [9.17, 15) is 0 Å². The Morgan fingerprint density at radius 1 is 0.509 bits per heavy atom. The molecule has 6 aromatic rings. The summed E-state index contributed by atoms with van der Waals surface area (Å²) < 4.78 is 0. The van der Waals surface area contributed by atoms with Crippen molar-refractivity contribution in [1.82, 2.24) is 0 Å². The van der Waals surface area contributed by atoms with Crippen LogP contribution in [0.25, 0.3) is 33.0 Å². The lowest BCUT2D eigenvalue weighted by atomic mass is 9.78. The predicted molar refractivity (Wildman–Crippen MR) is 241 cm³/mol. The quantitative estimate of drug-likeness (QED) is 0.157. The molecule has 5 aliphatic rings. The average molecular weight is 746 g/mol. The molecule has 4 fully saturated rings. The molecule has 0 spiro atoms. The molecule has 3 atom stereocenters. The third-order valence-corrected chi connectivity index (χ3v) is 15.8. The predicted octanol–water partition coefficient (Wildman–Crippen LogP) is 16.3. The van der Waals surface area contributed by atoms with E-state index in [0.717, 1.165) is 17.8 Å². The van der Waals surface area contributed by atoms with Gasteiger partial charge in [-0.2, -0.15) is 0 Å². The molecular weight excluding hydrogens is 687 g/mol. The minimum absolute atomic E-state index is 0.149. The van der Waals surface area contributed by atoms with E-state index in [0.29, 0.717) is 11.8 Å². The highest BCUT2D eigenvalue weighted by atomic mass is 15.1. The maximum absolute atomic E-state index is 2.59. The fraction of sp³-hybridized carbons (Fsp3) is 0.393. The van der Waals surface area contributed by atoms with Crippen molar-refractivity contribution in [2.75, 3.05) is 4.90 Å². The van der Waals surface area contributed by atoms with Gasteiger partial charge >= 0.3 is 0 Å². The van der Waals surface area contributed by atoms with Crippen LogP contribution in [0.15, 0.2) is 121 Å². The zero-order valence-corrected chi connectivity index (χ0v) is 34.3. The SMILES string of the molecule is CC1(C)c2cc(N(c3ccc(C4CCCCC4)cc3)c3ccc(C4CC5CCC4C5)c4ccccc34)ccc2-c2cccc(-c3ccc(C4CCCCC4)cc3)c21. The Labute approximate surface area is 341 Å². The van der Waals surface area contributed by atoms with Crippen LogP contribution in [0, 0.1) is 11.8 Å². The first-order valence-corrected chi connectivity index (χ1v) is 22.8. The first-order chi connectivity index (χ1) is 28.0. The highest BCUT2D eigenvalue weighted by Gasteiger charge is 2.41. The summed E-state index contributed by atoms with van der Waals surface area (Å²) in [5.41, 5.74) is 16.6. The first-order valence-electron chi connectivity index (χ1n) is 22.8. The molecule has 11 rings (SSSR count). The summed E-state index contributed by atoms with van der Waals surface area (Å²) in [7, 11) is 0. The number of hydrogen-bond donors (Lipinski definition) is 0. The Morgan fingerprint density at radius 2 is 1.16 bits per heavy atom. The van der Waals surface area contributed by atoms with Crippen LogP contribution in [-0.2, 0) is 5.41 Å². The highest BCUT2D eigenvalue weighted by molar-refractivity contribution is 6.01. The van der Waals surface area contributed by atoms with E-state index < -0.39 is 0 Å². The van der Waals surface area contributed by atoms with Crippen molar-refractivity contribution in [2.24, 2.45) is 11.8 Å². The van der Waals surface area contributed by atoms with E-state index in [4.69, 9.17) is 0 Å². The van der Waals surface area contributed by atoms with Crippen molar-refractivity contribution in [3.8, 4) is 22.3 Å². The molecule has 5 aliphatic carbocycles. The van der Waals surface area contributed by atoms with Crippen LogP contribution in [-0.4, -0.2) is 0 Å². The van der Waals surface area contributed by atoms with E-state index in [-0.39, 0.29) is 5.41 Å². The summed E-state index contributed by atoms with van der Waals surface area (Å²) in [5, 5.41) is 2.82. The molecule has 2 bridgehead atoms. The summed E-state index contributed by atoms with van der Waals surface area (Å²) in [4.78, 5) is 2.59. The molecule has 4 saturated carbocycles. The Balaban J connectivity index is 1.01. The van der Waals surface area contributed by atoms with Crippen molar-refractivity contribution in [2.45, 2.75) is 127 Å². The Morgan fingerprint density at radius 3 is 1.82 bits per heavy atom. The lowest BCUT2D eigenvalue weighted by molar-refractivity contribution is 0.422. The van der Waals surface area contributed by atoms with Gasteiger partial charge in [0.05, 0.1) is 5.69 Å². The maximum atomic E-state index is 2.59. The molecular formula is C56H59N. The van der Waals surface area contributed by atoms with E-state index in [2.05, 4.69) is 140 Å². The molecule has 3 unspecified atom stereocenters. The van der Waals surface area contributed by atoms with Crippen LogP contribution in [0.3, 0.4) is 0 Å². The number of nitrogens with zero attached hydrogens (tertiary/aromatic N) is 1. The molecule has 0 N–H and O–H groups in total. The smallest absolute Gasteiger partial charge is 0.0540 e. The molecule has 1 nitrogen and oxygen atoms in total. The van der Waals surface area contributed by atoms with E-state index in [1.54, 1.807) is 5.56 Å². The van der Waals surface area contributed by atoms with Crippen molar-refractivity contribution in [3.63, 3.8) is 0 Å². The number of benzene rings is 6. The van der Waals surface area contributed by atoms with Crippen molar-refractivity contribution in [1.29, 1.82) is 0 Å². The Bertz CT molecular complexity index is 2420. The molecule has 288 valence electrons. The van der Waals surface area contributed by atoms with Gasteiger partial charge in [-0.25, -0.2) is 0 Å². The van der Waals surface area contributed by atoms with E-state index >= 15 is 0 Å². The van der Waals surface area contributed by atoms with Gasteiger partial charge in [0.1, 0.15) is 0 Å². The Hall–Kier alpha value is -4.62. The summed E-state index contributed by atoms with van der Waals surface area (Å²) in [6.45, 7) is 4.92. The largest absolute Gasteiger partial charge is 0.310 e. The summed E-state index contributed by atoms with van der Waals surface area (Å²) in [6, 6.07) is 48.1. The van der Waals surface area contributed by atoms with Crippen molar-refractivity contribution in [3.05, 3.63) is 149 Å². The van der Waals surface area contributed by atoms with Gasteiger partial charge in [-0.15, -0.1) is 0 Å². The van der Waals surface area contributed by atoms with Crippen LogP contribution >= 0.6 is 0 Å². The fourth-order valence-electron chi connectivity index (χ4n) is 12.8. The maximum Gasteiger partial charge on any atom is 0.0540 e.